The van der Waals surface area contributed by atoms with Gasteiger partial charge in [0.25, 0.3) is 5.91 Å². The Morgan fingerprint density at radius 2 is 1.47 bits per heavy atom. The van der Waals surface area contributed by atoms with E-state index in [0.29, 0.717) is 29.7 Å². The lowest BCUT2D eigenvalue weighted by molar-refractivity contribution is -0.143. The number of rotatable bonds is 19. The van der Waals surface area contributed by atoms with Crippen molar-refractivity contribution in [2.75, 3.05) is 20.0 Å². The van der Waals surface area contributed by atoms with Crippen molar-refractivity contribution in [3.63, 3.8) is 0 Å². The van der Waals surface area contributed by atoms with E-state index < -0.39 is 30.3 Å². The third-order valence-corrected chi connectivity index (χ3v) is 8.08. The van der Waals surface area contributed by atoms with Crippen LogP contribution in [0.1, 0.15) is 80.6 Å². The average Bonchev–Trinajstić information content (AvgIpc) is 3.57. The normalized spacial score (nSPS) is 21.7. The first-order chi connectivity index (χ1) is 23.9. The molecule has 264 valence electrons. The van der Waals surface area contributed by atoms with Crippen LogP contribution in [0.4, 0.5) is 0 Å². The zero-order valence-electron chi connectivity index (χ0n) is 28.2. The number of carbonyl (C=O) groups is 2. The Morgan fingerprint density at radius 3 is 2.10 bits per heavy atom. The van der Waals surface area contributed by atoms with Crippen molar-refractivity contribution >= 4 is 17.4 Å². The summed E-state index contributed by atoms with van der Waals surface area (Å²) in [5, 5.41) is 33.5. The minimum Gasteiger partial charge on any atom is -0.489 e. The van der Waals surface area contributed by atoms with Crippen LogP contribution in [0, 0.1) is 0 Å². The molecule has 0 radical (unpaired) electrons. The lowest BCUT2D eigenvalue weighted by Gasteiger charge is -2.39. The molecular weight excluding hydrogens is 626 g/mol. The summed E-state index contributed by atoms with van der Waals surface area (Å²) < 4.78 is 22.4. The van der Waals surface area contributed by atoms with Crippen LogP contribution in [0.15, 0.2) is 85.1 Å². The molecule has 4 atom stereocenters. The molecule has 1 aromatic rings. The number of allylic oxidation sites excluding steroid dienone is 12. The summed E-state index contributed by atoms with van der Waals surface area (Å²) >= 11 is 0. The van der Waals surface area contributed by atoms with Gasteiger partial charge in [0.05, 0.1) is 24.8 Å². The van der Waals surface area contributed by atoms with E-state index in [-0.39, 0.29) is 49.5 Å². The maximum absolute atomic E-state index is 13.1. The molecular formula is C39H49NO9. The molecule has 10 heteroatoms. The van der Waals surface area contributed by atoms with Gasteiger partial charge in [-0.25, -0.2) is 0 Å². The molecule has 49 heavy (non-hydrogen) atoms. The zero-order chi connectivity index (χ0) is 34.8. The lowest BCUT2D eigenvalue weighted by Crippen LogP contribution is -2.57. The monoisotopic (exact) mass is 675 g/mol. The minimum atomic E-state index is -1.44. The Balaban J connectivity index is 1.10. The molecule has 4 N–H and O–H groups in total. The topological polar surface area (TPSA) is 144 Å². The van der Waals surface area contributed by atoms with Gasteiger partial charge < -0.3 is 39.6 Å². The highest BCUT2D eigenvalue weighted by molar-refractivity contribution is 6.07. The Hall–Kier alpha value is -4.38. The van der Waals surface area contributed by atoms with E-state index in [9.17, 15) is 24.9 Å². The number of aliphatic hydroxyl groups is 3. The van der Waals surface area contributed by atoms with Gasteiger partial charge in [0.15, 0.2) is 11.5 Å². The van der Waals surface area contributed by atoms with E-state index in [1.54, 1.807) is 6.07 Å². The second-order valence-corrected chi connectivity index (χ2v) is 11.8. The van der Waals surface area contributed by atoms with E-state index in [2.05, 4.69) is 73.0 Å². The smallest absolute Gasteiger partial charge is 0.306 e. The van der Waals surface area contributed by atoms with Crippen LogP contribution < -0.4 is 19.5 Å². The Labute approximate surface area is 288 Å². The number of esters is 1. The molecule has 2 heterocycles. The Bertz CT molecular complexity index is 1470. The highest BCUT2D eigenvalue weighted by atomic mass is 16.7. The predicted molar refractivity (Wildman–Crippen MR) is 188 cm³/mol. The van der Waals surface area contributed by atoms with Crippen LogP contribution in [-0.4, -0.2) is 71.6 Å². The predicted octanol–water partition coefficient (Wildman–Crippen LogP) is 5.80. The van der Waals surface area contributed by atoms with Crippen molar-refractivity contribution in [2.45, 2.75) is 89.1 Å². The van der Waals surface area contributed by atoms with Gasteiger partial charge in [0, 0.05) is 18.4 Å². The first-order valence-corrected chi connectivity index (χ1v) is 17.1. The number of nitrogens with one attached hydrogen (secondary N) is 1. The van der Waals surface area contributed by atoms with Gasteiger partial charge in [0.2, 0.25) is 12.5 Å². The van der Waals surface area contributed by atoms with Gasteiger partial charge in [-0.2, -0.15) is 0 Å². The number of amides is 1. The first-order valence-electron chi connectivity index (χ1n) is 17.1. The van der Waals surface area contributed by atoms with Crippen molar-refractivity contribution in [2.24, 2.45) is 0 Å². The van der Waals surface area contributed by atoms with Crippen LogP contribution in [0.5, 0.6) is 17.2 Å². The highest BCUT2D eigenvalue weighted by Gasteiger charge is 2.45. The van der Waals surface area contributed by atoms with Crippen molar-refractivity contribution in [1.82, 2.24) is 5.32 Å². The van der Waals surface area contributed by atoms with Crippen LogP contribution >= 0.6 is 0 Å². The molecule has 0 saturated carbocycles. The van der Waals surface area contributed by atoms with Crippen LogP contribution in [0.3, 0.4) is 0 Å². The summed E-state index contributed by atoms with van der Waals surface area (Å²) in [7, 11) is 0. The largest absolute Gasteiger partial charge is 0.489 e. The summed E-state index contributed by atoms with van der Waals surface area (Å²) in [6.07, 6.45) is 29.9. The molecule has 1 aliphatic carbocycles. The van der Waals surface area contributed by atoms with Crippen molar-refractivity contribution in [3.05, 3.63) is 96.2 Å². The number of ether oxygens (including phenoxy) is 4. The standard InChI is InChI=1S/C39H49NO9/c1-2-3-4-5-6-7-8-9-10-11-12-13-14-15-16-17-18-19-20-22-32(42)46-23-21-24-47-38-33-28(26-31-37(38)49-27-48-31)29-25-30(41)35(43)36(44)34(29)40-39(33)45/h3-4,6-7,9-10,12-13,15-16,18-19,25-26,30,34-36,41,43-44H,2,5,8,11,14,17,20-24,27H2,1H3,(H,40,45)/t30-,34+,35+,36-/m0/s1. The number of benzene rings is 1. The van der Waals surface area contributed by atoms with Crippen LogP contribution in [0.25, 0.3) is 5.57 Å². The van der Waals surface area contributed by atoms with E-state index in [0.717, 1.165) is 38.5 Å². The SMILES string of the molecule is CCC=CCC=CCC=CCC=CCC=CCC=CCCC(=O)OCCCOc1c2c(cc3c1C(=O)N[C@@H]1C3=C[C@H](O)[C@@H](O)[C@H]1O)OCO2. The molecule has 0 unspecified atom stereocenters. The third kappa shape index (κ3) is 11.1. The van der Waals surface area contributed by atoms with E-state index in [4.69, 9.17) is 18.9 Å². The highest BCUT2D eigenvalue weighted by Crippen LogP contribution is 2.49. The summed E-state index contributed by atoms with van der Waals surface area (Å²) in [4.78, 5) is 25.3. The molecule has 1 aromatic carbocycles. The fourth-order valence-corrected chi connectivity index (χ4v) is 5.54. The fourth-order valence-electron chi connectivity index (χ4n) is 5.54. The molecule has 1 amide bonds. The Morgan fingerprint density at radius 1 is 0.857 bits per heavy atom. The quantitative estimate of drug-likeness (QED) is 0.0813. The van der Waals surface area contributed by atoms with Crippen molar-refractivity contribution < 1.29 is 43.9 Å². The zero-order valence-corrected chi connectivity index (χ0v) is 28.2. The maximum atomic E-state index is 13.1. The Kier molecular flexibility index (Phi) is 15.4. The third-order valence-electron chi connectivity index (χ3n) is 8.08. The average molecular weight is 676 g/mol. The van der Waals surface area contributed by atoms with Gasteiger partial charge in [-0.15, -0.1) is 0 Å². The molecule has 4 rings (SSSR count). The molecule has 2 aliphatic heterocycles. The number of carbonyl (C=O) groups excluding carboxylic acids is 2. The number of hydrogen-bond donors (Lipinski definition) is 4. The number of fused-ring (bicyclic) bond motifs is 4. The molecule has 0 spiro atoms. The second kappa shape index (κ2) is 20.2. The van der Waals surface area contributed by atoms with Crippen molar-refractivity contribution in [1.29, 1.82) is 0 Å². The first kappa shape index (κ1) is 37.4. The van der Waals surface area contributed by atoms with Gasteiger partial charge in [0.1, 0.15) is 18.3 Å². The molecule has 3 aliphatic rings. The fraction of sp³-hybridized carbons (Fsp3) is 0.436. The van der Waals surface area contributed by atoms with Crippen LogP contribution in [-0.2, 0) is 9.53 Å². The minimum absolute atomic E-state index is 0.0585. The molecule has 0 aromatic heterocycles. The number of hydrogen-bond acceptors (Lipinski definition) is 9. The number of aliphatic hydroxyl groups excluding tert-OH is 3. The maximum Gasteiger partial charge on any atom is 0.306 e. The summed E-state index contributed by atoms with van der Waals surface area (Å²) in [5.41, 5.74) is 1.04. The van der Waals surface area contributed by atoms with Gasteiger partial charge >= 0.3 is 5.97 Å². The lowest BCUT2D eigenvalue weighted by atomic mass is 9.79. The van der Waals surface area contributed by atoms with Crippen LogP contribution in [0.2, 0.25) is 0 Å². The summed E-state index contributed by atoms with van der Waals surface area (Å²) in [6, 6.07) is 0.706. The van der Waals surface area contributed by atoms with Gasteiger partial charge in [-0.3, -0.25) is 9.59 Å². The summed E-state index contributed by atoms with van der Waals surface area (Å²) in [5.74, 6) is -0.0182. The van der Waals surface area contributed by atoms with E-state index >= 15 is 0 Å². The van der Waals surface area contributed by atoms with E-state index in [1.807, 2.05) is 12.2 Å². The van der Waals surface area contributed by atoms with Gasteiger partial charge in [-0.1, -0.05) is 79.8 Å². The molecule has 0 saturated heterocycles. The van der Waals surface area contributed by atoms with Crippen molar-refractivity contribution in [3.8, 4) is 17.2 Å². The molecule has 10 nitrogen and oxygen atoms in total. The molecule has 0 fully saturated rings. The van der Waals surface area contributed by atoms with Gasteiger partial charge in [-0.05, 0) is 62.7 Å². The van der Waals surface area contributed by atoms with E-state index in [1.165, 1.54) is 6.08 Å². The molecule has 0 bridgehead atoms. The second-order valence-electron chi connectivity index (χ2n) is 11.8. The summed E-state index contributed by atoms with van der Waals surface area (Å²) in [6.45, 7) is 2.36.